The van der Waals surface area contributed by atoms with Crippen molar-refractivity contribution in [2.45, 2.75) is 52.1 Å². The van der Waals surface area contributed by atoms with E-state index in [1.807, 2.05) is 6.92 Å². The minimum Gasteiger partial charge on any atom is -0.355 e. The van der Waals surface area contributed by atoms with Crippen LogP contribution in [0, 0.1) is 0 Å². The number of rotatable bonds is 6. The predicted molar refractivity (Wildman–Crippen MR) is 71.0 cm³/mol. The van der Waals surface area contributed by atoms with Crippen LogP contribution in [0.5, 0.6) is 0 Å². The van der Waals surface area contributed by atoms with Gasteiger partial charge in [-0.3, -0.25) is 9.69 Å². The van der Waals surface area contributed by atoms with Crippen molar-refractivity contribution in [1.29, 1.82) is 0 Å². The van der Waals surface area contributed by atoms with Gasteiger partial charge in [0, 0.05) is 25.2 Å². The van der Waals surface area contributed by atoms with Crippen LogP contribution in [-0.4, -0.2) is 49.1 Å². The monoisotopic (exact) mass is 241 g/mol. The van der Waals surface area contributed by atoms with Crippen molar-refractivity contribution < 1.29 is 4.79 Å². The third-order valence-electron chi connectivity index (χ3n) is 3.32. The van der Waals surface area contributed by atoms with E-state index in [1.54, 1.807) is 0 Å². The topological polar surface area (TPSA) is 44.4 Å². The Morgan fingerprint density at radius 2 is 2.24 bits per heavy atom. The number of amides is 1. The number of hydrogen-bond acceptors (Lipinski definition) is 3. The molecular weight excluding hydrogens is 214 g/mol. The molecule has 0 aromatic carbocycles. The molecule has 0 bridgehead atoms. The van der Waals surface area contributed by atoms with E-state index in [0.717, 1.165) is 13.1 Å². The Kier molecular flexibility index (Phi) is 6.52. The van der Waals surface area contributed by atoms with Crippen molar-refractivity contribution >= 4 is 5.91 Å². The molecule has 1 fully saturated rings. The lowest BCUT2D eigenvalue weighted by molar-refractivity contribution is -0.122. The van der Waals surface area contributed by atoms with Gasteiger partial charge in [-0.25, -0.2) is 0 Å². The number of hydrogen-bond donors (Lipinski definition) is 2. The van der Waals surface area contributed by atoms with E-state index in [4.69, 9.17) is 0 Å². The molecule has 0 saturated carbocycles. The minimum absolute atomic E-state index is 0.136. The number of likely N-dealkylation sites (N-methyl/N-ethyl adjacent to an activating group) is 1. The normalized spacial score (nSPS) is 20.9. The summed E-state index contributed by atoms with van der Waals surface area (Å²) in [6.45, 7) is 9.60. The second kappa shape index (κ2) is 7.67. The van der Waals surface area contributed by atoms with E-state index >= 15 is 0 Å². The van der Waals surface area contributed by atoms with Crippen LogP contribution in [0.15, 0.2) is 0 Å². The van der Waals surface area contributed by atoms with E-state index in [-0.39, 0.29) is 5.91 Å². The maximum absolute atomic E-state index is 11.6. The summed E-state index contributed by atoms with van der Waals surface area (Å²) in [6.07, 6.45) is 3.83. The number of carbonyl (C=O) groups is 1. The van der Waals surface area contributed by atoms with Crippen molar-refractivity contribution in [3.05, 3.63) is 0 Å². The van der Waals surface area contributed by atoms with Crippen LogP contribution in [0.2, 0.25) is 0 Å². The van der Waals surface area contributed by atoms with Crippen LogP contribution >= 0.6 is 0 Å². The molecular formula is C13H27N3O. The molecule has 1 heterocycles. The molecule has 0 aliphatic carbocycles. The fourth-order valence-electron chi connectivity index (χ4n) is 2.26. The summed E-state index contributed by atoms with van der Waals surface area (Å²) >= 11 is 0. The van der Waals surface area contributed by atoms with E-state index in [1.165, 1.54) is 19.3 Å². The van der Waals surface area contributed by atoms with Crippen LogP contribution < -0.4 is 10.6 Å². The second-order valence-electron chi connectivity index (χ2n) is 5.12. The van der Waals surface area contributed by atoms with Gasteiger partial charge in [-0.2, -0.15) is 0 Å². The molecule has 100 valence electrons. The van der Waals surface area contributed by atoms with Gasteiger partial charge in [0.25, 0.3) is 0 Å². The fourth-order valence-corrected chi connectivity index (χ4v) is 2.26. The van der Waals surface area contributed by atoms with E-state index in [9.17, 15) is 4.79 Å². The first-order valence-electron chi connectivity index (χ1n) is 6.87. The molecule has 4 heteroatoms. The van der Waals surface area contributed by atoms with E-state index in [0.29, 0.717) is 25.2 Å². The molecule has 4 nitrogen and oxygen atoms in total. The summed E-state index contributed by atoms with van der Waals surface area (Å²) in [6, 6.07) is 0.974. The molecule has 17 heavy (non-hydrogen) atoms. The Hall–Kier alpha value is -0.610. The van der Waals surface area contributed by atoms with Gasteiger partial charge in [0.15, 0.2) is 0 Å². The smallest absolute Gasteiger partial charge is 0.234 e. The highest BCUT2D eigenvalue weighted by Gasteiger charge is 2.20. The molecule has 1 rings (SSSR count). The number of carbonyl (C=O) groups excluding carboxylic acids is 1. The summed E-state index contributed by atoms with van der Waals surface area (Å²) in [5.74, 6) is 0.136. The first kappa shape index (κ1) is 14.5. The van der Waals surface area contributed by atoms with Crippen molar-refractivity contribution in [3.8, 4) is 0 Å². The van der Waals surface area contributed by atoms with Crippen LogP contribution in [0.25, 0.3) is 0 Å². The Balaban J connectivity index is 2.39. The van der Waals surface area contributed by atoms with Gasteiger partial charge in [0.2, 0.25) is 5.91 Å². The van der Waals surface area contributed by atoms with Gasteiger partial charge in [0.1, 0.15) is 0 Å². The lowest BCUT2D eigenvalue weighted by atomic mass is 10.0. The highest BCUT2D eigenvalue weighted by atomic mass is 16.2. The molecule has 0 aromatic rings. The Bertz CT molecular complexity index is 225. The average Bonchev–Trinajstić information content (AvgIpc) is 2.29. The zero-order valence-electron chi connectivity index (χ0n) is 11.5. The van der Waals surface area contributed by atoms with Gasteiger partial charge in [-0.1, -0.05) is 6.42 Å². The number of piperidine rings is 1. The molecule has 0 radical (unpaired) electrons. The average molecular weight is 241 g/mol. The molecule has 1 amide bonds. The largest absolute Gasteiger partial charge is 0.355 e. The molecule has 1 saturated heterocycles. The van der Waals surface area contributed by atoms with Gasteiger partial charge < -0.3 is 10.6 Å². The third-order valence-corrected chi connectivity index (χ3v) is 3.32. The summed E-state index contributed by atoms with van der Waals surface area (Å²) in [5.41, 5.74) is 0. The predicted octanol–water partition coefficient (Wildman–Crippen LogP) is 0.975. The quantitative estimate of drug-likeness (QED) is 0.728. The van der Waals surface area contributed by atoms with Gasteiger partial charge in [-0.15, -0.1) is 0 Å². The van der Waals surface area contributed by atoms with E-state index < -0.39 is 0 Å². The highest BCUT2D eigenvalue weighted by Crippen LogP contribution is 2.10. The molecule has 0 spiro atoms. The Morgan fingerprint density at radius 3 is 2.76 bits per heavy atom. The Labute approximate surface area is 105 Å². The first-order chi connectivity index (χ1) is 8.13. The van der Waals surface area contributed by atoms with Crippen molar-refractivity contribution in [2.75, 3.05) is 26.2 Å². The van der Waals surface area contributed by atoms with Gasteiger partial charge in [0.05, 0.1) is 6.54 Å². The molecule has 1 unspecified atom stereocenters. The lowest BCUT2D eigenvalue weighted by Gasteiger charge is -2.32. The van der Waals surface area contributed by atoms with Crippen molar-refractivity contribution in [2.24, 2.45) is 0 Å². The molecule has 2 N–H and O–H groups in total. The van der Waals surface area contributed by atoms with Crippen LogP contribution in [0.4, 0.5) is 0 Å². The van der Waals surface area contributed by atoms with Crippen LogP contribution in [0.1, 0.15) is 40.0 Å². The summed E-state index contributed by atoms with van der Waals surface area (Å²) in [4.78, 5) is 13.9. The molecule has 1 aliphatic rings. The number of nitrogens with zero attached hydrogens (tertiary/aromatic N) is 1. The van der Waals surface area contributed by atoms with Crippen molar-refractivity contribution in [3.63, 3.8) is 0 Å². The lowest BCUT2D eigenvalue weighted by Crippen LogP contribution is -2.49. The molecule has 1 atom stereocenters. The number of nitrogens with one attached hydrogen (secondary N) is 2. The first-order valence-corrected chi connectivity index (χ1v) is 6.87. The zero-order valence-corrected chi connectivity index (χ0v) is 11.5. The summed E-state index contributed by atoms with van der Waals surface area (Å²) in [7, 11) is 0. The summed E-state index contributed by atoms with van der Waals surface area (Å²) < 4.78 is 0. The van der Waals surface area contributed by atoms with Gasteiger partial charge in [-0.05, 0) is 40.2 Å². The molecule has 0 aromatic heterocycles. The Morgan fingerprint density at radius 1 is 1.47 bits per heavy atom. The molecule has 1 aliphatic heterocycles. The minimum atomic E-state index is 0.136. The zero-order chi connectivity index (χ0) is 12.7. The SMILES string of the molecule is CCNC(=O)CN(CC1CCCCN1)C(C)C. The maximum atomic E-state index is 11.6. The van der Waals surface area contributed by atoms with Crippen LogP contribution in [0.3, 0.4) is 0 Å². The van der Waals surface area contributed by atoms with Crippen molar-refractivity contribution in [1.82, 2.24) is 15.5 Å². The highest BCUT2D eigenvalue weighted by molar-refractivity contribution is 5.77. The van der Waals surface area contributed by atoms with Gasteiger partial charge >= 0.3 is 0 Å². The maximum Gasteiger partial charge on any atom is 0.234 e. The standard InChI is InChI=1S/C13H27N3O/c1-4-14-13(17)10-16(11(2)3)9-12-7-5-6-8-15-12/h11-12,15H,4-10H2,1-3H3,(H,14,17). The summed E-state index contributed by atoms with van der Waals surface area (Å²) in [5, 5.41) is 6.40. The second-order valence-corrected chi connectivity index (χ2v) is 5.12. The van der Waals surface area contributed by atoms with Crippen LogP contribution in [-0.2, 0) is 4.79 Å². The van der Waals surface area contributed by atoms with E-state index in [2.05, 4.69) is 29.4 Å². The fraction of sp³-hybridized carbons (Fsp3) is 0.923. The third kappa shape index (κ3) is 5.50.